The van der Waals surface area contributed by atoms with Crippen molar-refractivity contribution in [3.63, 3.8) is 0 Å². The summed E-state index contributed by atoms with van der Waals surface area (Å²) in [4.78, 5) is 12.8. The second-order valence-corrected chi connectivity index (χ2v) is 8.51. The third-order valence-electron chi connectivity index (χ3n) is 5.55. The highest BCUT2D eigenvalue weighted by molar-refractivity contribution is 6.30. The number of ether oxygens (including phenoxy) is 1. The van der Waals surface area contributed by atoms with E-state index in [-0.39, 0.29) is 5.91 Å². The van der Waals surface area contributed by atoms with Crippen LogP contribution in [0, 0.1) is 13.8 Å². The van der Waals surface area contributed by atoms with Crippen LogP contribution in [0.25, 0.3) is 27.7 Å². The van der Waals surface area contributed by atoms with Gasteiger partial charge in [0.25, 0.3) is 0 Å². The molecule has 1 heterocycles. The van der Waals surface area contributed by atoms with Gasteiger partial charge in [0.05, 0.1) is 12.9 Å². The highest BCUT2D eigenvalue weighted by Gasteiger charge is 2.15. The second kappa shape index (κ2) is 9.55. The van der Waals surface area contributed by atoms with Crippen molar-refractivity contribution in [2.45, 2.75) is 27.7 Å². The molecule has 0 aliphatic heterocycles. The van der Waals surface area contributed by atoms with Crippen LogP contribution < -0.4 is 10.1 Å². The maximum atomic E-state index is 12.8. The molecule has 0 saturated heterocycles. The lowest BCUT2D eigenvalue weighted by molar-refractivity contribution is -0.111. The molecule has 0 aliphatic rings. The van der Waals surface area contributed by atoms with E-state index in [9.17, 15) is 4.79 Å². The zero-order chi connectivity index (χ0) is 23.5. The van der Waals surface area contributed by atoms with Crippen LogP contribution in [0.4, 0.5) is 5.69 Å². The van der Waals surface area contributed by atoms with E-state index in [1.54, 1.807) is 12.3 Å². The molecule has 4 rings (SSSR count). The second-order valence-electron chi connectivity index (χ2n) is 8.07. The van der Waals surface area contributed by atoms with Crippen LogP contribution in [0.5, 0.6) is 5.75 Å². The minimum Gasteiger partial charge on any atom is -0.493 e. The lowest BCUT2D eigenvalue weighted by Gasteiger charge is -2.12. The molecule has 0 aliphatic carbocycles. The Morgan fingerprint density at radius 3 is 2.58 bits per heavy atom. The number of amides is 1. The first-order chi connectivity index (χ1) is 15.9. The Morgan fingerprint density at radius 1 is 1.09 bits per heavy atom. The summed E-state index contributed by atoms with van der Waals surface area (Å²) in [5.74, 6) is 0.490. The van der Waals surface area contributed by atoms with Crippen LogP contribution in [0.2, 0.25) is 5.02 Å². The topological polar surface area (TPSA) is 51.5 Å². The standard InChI is InChI=1S/C28H26ClNO3/c1-5-32-26-15-27-23(24(16-33-27)20-8-10-21(29)11-9-20)14-22(26)19(4)13-28(31)30-25-12-17(2)6-7-18(25)3/h6-16H,5H2,1-4H3,(H,30,31)/b19-13+. The number of furan rings is 1. The van der Waals surface area contributed by atoms with E-state index in [1.165, 1.54) is 0 Å². The Hall–Kier alpha value is -3.50. The average molecular weight is 460 g/mol. The van der Waals surface area contributed by atoms with Gasteiger partial charge in [0.15, 0.2) is 0 Å². The van der Waals surface area contributed by atoms with Crippen molar-refractivity contribution in [1.82, 2.24) is 0 Å². The summed E-state index contributed by atoms with van der Waals surface area (Å²) in [7, 11) is 0. The van der Waals surface area contributed by atoms with Gasteiger partial charge in [0, 0.05) is 39.4 Å². The number of allylic oxidation sites excluding steroid dienone is 1. The zero-order valence-electron chi connectivity index (χ0n) is 19.2. The maximum Gasteiger partial charge on any atom is 0.248 e. The number of carbonyl (C=O) groups is 1. The number of anilines is 1. The number of halogens is 1. The Morgan fingerprint density at radius 2 is 1.85 bits per heavy atom. The van der Waals surface area contributed by atoms with Gasteiger partial charge in [-0.1, -0.05) is 35.9 Å². The van der Waals surface area contributed by atoms with Crippen molar-refractivity contribution in [2.75, 3.05) is 11.9 Å². The first-order valence-electron chi connectivity index (χ1n) is 10.9. The van der Waals surface area contributed by atoms with Crippen molar-refractivity contribution in [1.29, 1.82) is 0 Å². The largest absolute Gasteiger partial charge is 0.493 e. The Bertz CT molecular complexity index is 1350. The number of rotatable bonds is 6. The minimum atomic E-state index is -0.186. The summed E-state index contributed by atoms with van der Waals surface area (Å²) in [6.45, 7) is 8.33. The molecule has 0 saturated carbocycles. The van der Waals surface area contributed by atoms with Gasteiger partial charge < -0.3 is 14.5 Å². The van der Waals surface area contributed by atoms with Gasteiger partial charge in [-0.3, -0.25) is 4.79 Å². The van der Waals surface area contributed by atoms with Crippen LogP contribution in [0.1, 0.15) is 30.5 Å². The van der Waals surface area contributed by atoms with E-state index in [4.69, 9.17) is 20.8 Å². The molecule has 4 nitrogen and oxygen atoms in total. The summed E-state index contributed by atoms with van der Waals surface area (Å²) >= 11 is 6.05. The molecule has 0 atom stereocenters. The molecule has 33 heavy (non-hydrogen) atoms. The van der Waals surface area contributed by atoms with Gasteiger partial charge in [0.2, 0.25) is 5.91 Å². The molecule has 0 spiro atoms. The van der Waals surface area contributed by atoms with Crippen molar-refractivity contribution in [2.24, 2.45) is 0 Å². The first-order valence-corrected chi connectivity index (χ1v) is 11.2. The highest BCUT2D eigenvalue weighted by atomic mass is 35.5. The third-order valence-corrected chi connectivity index (χ3v) is 5.81. The summed E-state index contributed by atoms with van der Waals surface area (Å²) in [6.07, 6.45) is 3.34. The fourth-order valence-corrected chi connectivity index (χ4v) is 3.93. The quantitative estimate of drug-likeness (QED) is 0.299. The number of fused-ring (bicyclic) bond motifs is 1. The SMILES string of the molecule is CCOc1cc2occ(-c3ccc(Cl)cc3)c2cc1/C(C)=C/C(=O)Nc1cc(C)ccc1C. The molecule has 0 fully saturated rings. The van der Waals surface area contributed by atoms with Crippen LogP contribution in [-0.4, -0.2) is 12.5 Å². The third kappa shape index (κ3) is 4.96. The molecule has 0 unspecified atom stereocenters. The number of benzene rings is 3. The molecule has 1 aromatic heterocycles. The van der Waals surface area contributed by atoms with Gasteiger partial charge >= 0.3 is 0 Å². The summed E-state index contributed by atoms with van der Waals surface area (Å²) in [6, 6.07) is 17.5. The van der Waals surface area contributed by atoms with Crippen LogP contribution in [-0.2, 0) is 4.79 Å². The lowest BCUT2D eigenvalue weighted by atomic mass is 9.99. The van der Waals surface area contributed by atoms with Gasteiger partial charge in [-0.05, 0) is 74.2 Å². The van der Waals surface area contributed by atoms with Crippen LogP contribution in [0.3, 0.4) is 0 Å². The number of hydrogen-bond donors (Lipinski definition) is 1. The predicted molar refractivity (Wildman–Crippen MR) is 136 cm³/mol. The molecular formula is C28H26ClNO3. The molecule has 168 valence electrons. The van der Waals surface area contributed by atoms with Gasteiger partial charge in [-0.25, -0.2) is 0 Å². The predicted octanol–water partition coefficient (Wildman–Crippen LogP) is 7.81. The minimum absolute atomic E-state index is 0.186. The van der Waals surface area contributed by atoms with Crippen molar-refractivity contribution in [3.8, 4) is 16.9 Å². The van der Waals surface area contributed by atoms with Crippen LogP contribution >= 0.6 is 11.6 Å². The van der Waals surface area contributed by atoms with Gasteiger partial charge in [-0.2, -0.15) is 0 Å². The van der Waals surface area contributed by atoms with E-state index in [2.05, 4.69) is 5.32 Å². The molecule has 1 amide bonds. The normalized spacial score (nSPS) is 11.6. The molecule has 3 aromatic carbocycles. The summed E-state index contributed by atoms with van der Waals surface area (Å²) < 4.78 is 11.7. The number of aryl methyl sites for hydroxylation is 2. The van der Waals surface area contributed by atoms with E-state index < -0.39 is 0 Å². The fourth-order valence-electron chi connectivity index (χ4n) is 3.80. The van der Waals surface area contributed by atoms with E-state index in [1.807, 2.05) is 82.3 Å². The van der Waals surface area contributed by atoms with Crippen molar-refractivity contribution in [3.05, 3.63) is 88.6 Å². The Balaban J connectivity index is 1.73. The highest BCUT2D eigenvalue weighted by Crippen LogP contribution is 2.37. The molecule has 0 radical (unpaired) electrons. The van der Waals surface area contributed by atoms with Crippen LogP contribution in [0.15, 0.2) is 71.4 Å². The van der Waals surface area contributed by atoms with Crippen molar-refractivity contribution < 1.29 is 13.9 Å². The Kier molecular flexibility index (Phi) is 6.57. The zero-order valence-corrected chi connectivity index (χ0v) is 19.9. The molecule has 0 bridgehead atoms. The van der Waals surface area contributed by atoms with E-state index in [0.29, 0.717) is 17.4 Å². The lowest BCUT2D eigenvalue weighted by Crippen LogP contribution is -2.10. The maximum absolute atomic E-state index is 12.8. The smallest absolute Gasteiger partial charge is 0.248 e. The van der Waals surface area contributed by atoms with E-state index in [0.717, 1.165) is 50.0 Å². The van der Waals surface area contributed by atoms with Crippen molar-refractivity contribution >= 4 is 39.7 Å². The Labute approximate surface area is 198 Å². The summed E-state index contributed by atoms with van der Waals surface area (Å²) in [5.41, 5.74) is 7.24. The molecular weight excluding hydrogens is 434 g/mol. The van der Waals surface area contributed by atoms with Gasteiger partial charge in [0.1, 0.15) is 11.3 Å². The molecule has 5 heteroatoms. The number of nitrogens with one attached hydrogen (secondary N) is 1. The number of carbonyl (C=O) groups excluding carboxylic acids is 1. The van der Waals surface area contributed by atoms with E-state index >= 15 is 0 Å². The fraction of sp³-hybridized carbons (Fsp3) is 0.179. The summed E-state index contributed by atoms with van der Waals surface area (Å²) in [5, 5.41) is 4.61. The average Bonchev–Trinajstić information content (AvgIpc) is 3.19. The molecule has 1 N–H and O–H groups in total. The van der Waals surface area contributed by atoms with Gasteiger partial charge in [-0.15, -0.1) is 0 Å². The first kappa shape index (κ1) is 22.7. The number of hydrogen-bond acceptors (Lipinski definition) is 3. The molecule has 4 aromatic rings. The monoisotopic (exact) mass is 459 g/mol.